The molecule has 0 radical (unpaired) electrons. The molecule has 3 aliphatic rings. The topological polar surface area (TPSA) is 74.2 Å². The average Bonchev–Trinajstić information content (AvgIpc) is 3.26. The van der Waals surface area contributed by atoms with Crippen molar-refractivity contribution >= 4 is 17.5 Å². The van der Waals surface area contributed by atoms with Crippen molar-refractivity contribution in [3.8, 4) is 11.5 Å². The summed E-state index contributed by atoms with van der Waals surface area (Å²) >= 11 is 0. The highest BCUT2D eigenvalue weighted by molar-refractivity contribution is 6.09. The van der Waals surface area contributed by atoms with E-state index in [4.69, 9.17) is 19.2 Å². The van der Waals surface area contributed by atoms with Crippen molar-refractivity contribution in [2.45, 2.75) is 31.6 Å². The van der Waals surface area contributed by atoms with Gasteiger partial charge in [0, 0.05) is 29.3 Å². The normalized spacial score (nSPS) is 24.5. The van der Waals surface area contributed by atoms with Crippen LogP contribution in [-0.2, 0) is 14.3 Å². The van der Waals surface area contributed by atoms with E-state index in [9.17, 15) is 9.59 Å². The molecule has 2 aliphatic heterocycles. The van der Waals surface area contributed by atoms with E-state index in [1.165, 1.54) is 7.11 Å². The monoisotopic (exact) mass is 417 g/mol. The molecule has 158 valence electrons. The Bertz CT molecular complexity index is 1120. The second-order valence-electron chi connectivity index (χ2n) is 8.14. The molecule has 2 aromatic rings. The van der Waals surface area contributed by atoms with Crippen LogP contribution in [0.15, 0.2) is 64.8 Å². The van der Waals surface area contributed by atoms with E-state index >= 15 is 0 Å². The van der Waals surface area contributed by atoms with Crippen molar-refractivity contribution < 1.29 is 23.8 Å². The zero-order valence-electron chi connectivity index (χ0n) is 17.5. The van der Waals surface area contributed by atoms with Gasteiger partial charge in [0.25, 0.3) is 0 Å². The lowest BCUT2D eigenvalue weighted by Crippen LogP contribution is -2.37. The van der Waals surface area contributed by atoms with E-state index in [2.05, 4.69) is 12.1 Å². The Kier molecular flexibility index (Phi) is 4.85. The second kappa shape index (κ2) is 7.69. The number of allylic oxidation sites excluding steroid dienone is 2. The van der Waals surface area contributed by atoms with Gasteiger partial charge in [0.1, 0.15) is 5.92 Å². The van der Waals surface area contributed by atoms with E-state index in [1.807, 2.05) is 43.3 Å². The van der Waals surface area contributed by atoms with Crippen molar-refractivity contribution in [1.82, 2.24) is 0 Å². The Morgan fingerprint density at radius 2 is 1.81 bits per heavy atom. The van der Waals surface area contributed by atoms with Crippen LogP contribution in [-0.4, -0.2) is 31.4 Å². The van der Waals surface area contributed by atoms with Crippen molar-refractivity contribution in [3.05, 3.63) is 70.9 Å². The Balaban J connectivity index is 1.61. The maximum Gasteiger partial charge on any atom is 0.315 e. The number of benzene rings is 2. The lowest BCUT2D eigenvalue weighted by atomic mass is 9.69. The van der Waals surface area contributed by atoms with Gasteiger partial charge < -0.3 is 14.2 Å². The Morgan fingerprint density at radius 1 is 1.03 bits per heavy atom. The molecule has 1 aliphatic carbocycles. The fraction of sp³-hybridized carbons (Fsp3) is 0.320. The number of esters is 1. The zero-order valence-corrected chi connectivity index (χ0v) is 17.5. The largest absolute Gasteiger partial charge is 0.468 e. The molecule has 0 N–H and O–H groups in total. The van der Waals surface area contributed by atoms with Crippen molar-refractivity contribution in [1.29, 1.82) is 0 Å². The molecular weight excluding hydrogens is 394 g/mol. The molecule has 6 heteroatoms. The highest BCUT2D eigenvalue weighted by Crippen LogP contribution is 2.48. The first-order valence-corrected chi connectivity index (χ1v) is 10.4. The van der Waals surface area contributed by atoms with Gasteiger partial charge in [-0.2, -0.15) is 0 Å². The summed E-state index contributed by atoms with van der Waals surface area (Å²) in [6.45, 7) is 2.00. The molecule has 0 saturated heterocycles. The summed E-state index contributed by atoms with van der Waals surface area (Å²) < 4.78 is 16.1. The number of hydrogen-bond donors (Lipinski definition) is 0. The number of ketones is 1. The third kappa shape index (κ3) is 3.32. The number of rotatable bonds is 3. The highest BCUT2D eigenvalue weighted by Gasteiger charge is 2.44. The molecule has 0 aromatic heterocycles. The molecule has 0 spiro atoms. The van der Waals surface area contributed by atoms with Crippen LogP contribution in [0.5, 0.6) is 11.5 Å². The van der Waals surface area contributed by atoms with E-state index in [0.29, 0.717) is 35.6 Å². The summed E-state index contributed by atoms with van der Waals surface area (Å²) in [5.41, 5.74) is 4.00. The molecular formula is C25H23NO5. The van der Waals surface area contributed by atoms with Crippen LogP contribution in [0.25, 0.3) is 0 Å². The molecule has 0 saturated carbocycles. The maximum absolute atomic E-state index is 13.5. The van der Waals surface area contributed by atoms with Gasteiger partial charge in [0.2, 0.25) is 6.79 Å². The first-order valence-electron chi connectivity index (χ1n) is 10.4. The van der Waals surface area contributed by atoms with Crippen LogP contribution in [0.4, 0.5) is 0 Å². The predicted octanol–water partition coefficient (Wildman–Crippen LogP) is 4.16. The number of hydrogen-bond acceptors (Lipinski definition) is 6. The molecule has 0 amide bonds. The van der Waals surface area contributed by atoms with Crippen molar-refractivity contribution in [2.75, 3.05) is 13.9 Å². The standard InChI is InChI=1S/C25H23NO5/c1-14-22(25(28)29-2)23(16-8-9-20-21(12-16)31-13-30-20)24-18(26-14)10-17(11-19(24)27)15-6-4-3-5-7-15/h3-9,12,17,22-23H,10-11,13H2,1-2H3/t17-,22?,23+/m1/s1. The quantitative estimate of drug-likeness (QED) is 0.701. The van der Waals surface area contributed by atoms with Crippen molar-refractivity contribution in [2.24, 2.45) is 10.9 Å². The van der Waals surface area contributed by atoms with Crippen LogP contribution in [0.3, 0.4) is 0 Å². The van der Waals surface area contributed by atoms with Crippen LogP contribution < -0.4 is 9.47 Å². The average molecular weight is 417 g/mol. The van der Waals surface area contributed by atoms with Gasteiger partial charge in [-0.15, -0.1) is 0 Å². The van der Waals surface area contributed by atoms with Gasteiger partial charge in [0.05, 0.1) is 7.11 Å². The second-order valence-corrected chi connectivity index (χ2v) is 8.14. The molecule has 31 heavy (non-hydrogen) atoms. The maximum atomic E-state index is 13.5. The van der Waals surface area contributed by atoms with Crippen LogP contribution >= 0.6 is 0 Å². The number of nitrogens with zero attached hydrogens (tertiary/aromatic N) is 1. The lowest BCUT2D eigenvalue weighted by Gasteiger charge is -2.36. The summed E-state index contributed by atoms with van der Waals surface area (Å²) in [6.07, 6.45) is 1.06. The number of Topliss-reactive ketones (excluding diaryl/α,β-unsaturated/α-hetero) is 1. The Labute approximate surface area is 180 Å². The SMILES string of the molecule is COC(=O)C1C(C)=NC2=C(C(=O)C[C@H](c3ccccc3)C2)[C@H]1c1ccc2c(c1)OCO2. The van der Waals surface area contributed by atoms with E-state index in [1.54, 1.807) is 0 Å². The van der Waals surface area contributed by atoms with Gasteiger partial charge in [-0.1, -0.05) is 36.4 Å². The Hall–Kier alpha value is -3.41. The fourth-order valence-electron chi connectivity index (χ4n) is 4.92. The van der Waals surface area contributed by atoms with Gasteiger partial charge in [-0.05, 0) is 42.5 Å². The molecule has 1 unspecified atom stereocenters. The lowest BCUT2D eigenvalue weighted by molar-refractivity contribution is -0.143. The summed E-state index contributed by atoms with van der Waals surface area (Å²) in [5.74, 6) is -0.116. The van der Waals surface area contributed by atoms with Gasteiger partial charge in [-0.25, -0.2) is 0 Å². The Morgan fingerprint density at radius 3 is 2.58 bits per heavy atom. The number of methoxy groups -OCH3 is 1. The zero-order chi connectivity index (χ0) is 21.5. The summed E-state index contributed by atoms with van der Waals surface area (Å²) in [4.78, 5) is 31.0. The van der Waals surface area contributed by atoms with E-state index in [-0.39, 0.29) is 18.5 Å². The number of fused-ring (bicyclic) bond motifs is 1. The van der Waals surface area contributed by atoms with Crippen LogP contribution in [0.2, 0.25) is 0 Å². The molecule has 3 atom stereocenters. The first-order chi connectivity index (χ1) is 15.1. The van der Waals surface area contributed by atoms with E-state index in [0.717, 1.165) is 16.8 Å². The minimum Gasteiger partial charge on any atom is -0.468 e. The van der Waals surface area contributed by atoms with E-state index < -0.39 is 17.8 Å². The number of carbonyl (C=O) groups excluding carboxylic acids is 2. The molecule has 2 aromatic carbocycles. The van der Waals surface area contributed by atoms with Gasteiger partial charge in [0.15, 0.2) is 17.3 Å². The summed E-state index contributed by atoms with van der Waals surface area (Å²) in [5, 5.41) is 0. The van der Waals surface area contributed by atoms with Crippen LogP contribution in [0, 0.1) is 5.92 Å². The minimum absolute atomic E-state index is 0.0305. The fourth-order valence-corrected chi connectivity index (χ4v) is 4.92. The highest BCUT2D eigenvalue weighted by atomic mass is 16.7. The third-order valence-corrected chi connectivity index (χ3v) is 6.37. The molecule has 5 rings (SSSR count). The molecule has 6 nitrogen and oxygen atoms in total. The predicted molar refractivity (Wildman–Crippen MR) is 114 cm³/mol. The molecule has 0 fully saturated rings. The smallest absolute Gasteiger partial charge is 0.315 e. The van der Waals surface area contributed by atoms with Gasteiger partial charge in [-0.3, -0.25) is 14.6 Å². The number of carbonyl (C=O) groups is 2. The summed E-state index contributed by atoms with van der Waals surface area (Å²) in [7, 11) is 1.37. The van der Waals surface area contributed by atoms with Gasteiger partial charge >= 0.3 is 5.97 Å². The summed E-state index contributed by atoms with van der Waals surface area (Å²) in [6, 6.07) is 15.6. The number of ether oxygens (including phenoxy) is 3. The van der Waals surface area contributed by atoms with Crippen molar-refractivity contribution in [3.63, 3.8) is 0 Å². The van der Waals surface area contributed by atoms with Crippen LogP contribution in [0.1, 0.15) is 42.7 Å². The number of aliphatic imine (C=N–C) groups is 1. The molecule has 2 heterocycles. The first kappa shape index (κ1) is 19.5. The third-order valence-electron chi connectivity index (χ3n) is 6.37. The minimum atomic E-state index is -0.652. The molecule has 0 bridgehead atoms.